The number of carbonyl (C=O) groups excluding carboxylic acids is 1. The average Bonchev–Trinajstić information content (AvgIpc) is 3.35. The number of benzene rings is 1. The van der Waals surface area contributed by atoms with Gasteiger partial charge in [0.05, 0.1) is 0 Å². The van der Waals surface area contributed by atoms with Crippen LogP contribution in [0.4, 0.5) is 17.6 Å². The molecule has 0 unspecified atom stereocenters. The van der Waals surface area contributed by atoms with Crippen LogP contribution in [-0.4, -0.2) is 33.6 Å². The molecular formula is C19H21F4N3O. The van der Waals surface area contributed by atoms with Crippen molar-refractivity contribution in [1.82, 2.24) is 15.1 Å². The number of H-pyrrole nitrogens is 1. The summed E-state index contributed by atoms with van der Waals surface area (Å²) in [5.74, 6) is -2.24. The van der Waals surface area contributed by atoms with Gasteiger partial charge in [-0.2, -0.15) is 4.39 Å². The van der Waals surface area contributed by atoms with Crippen molar-refractivity contribution in [2.75, 3.05) is 6.54 Å². The molecule has 1 N–H and O–H groups in total. The number of amides is 1. The van der Waals surface area contributed by atoms with Gasteiger partial charge in [0, 0.05) is 12.6 Å². The second-order valence-corrected chi connectivity index (χ2v) is 7.08. The van der Waals surface area contributed by atoms with Crippen molar-refractivity contribution in [2.45, 2.75) is 51.5 Å². The van der Waals surface area contributed by atoms with Crippen LogP contribution in [0.25, 0.3) is 0 Å². The molecule has 1 aliphatic rings. The number of carbonyl (C=O) groups is 1. The van der Waals surface area contributed by atoms with Gasteiger partial charge in [-0.05, 0) is 48.4 Å². The summed E-state index contributed by atoms with van der Waals surface area (Å²) >= 11 is 0. The Morgan fingerprint density at radius 1 is 1.30 bits per heavy atom. The Bertz CT molecular complexity index is 830. The summed E-state index contributed by atoms with van der Waals surface area (Å²) in [7, 11) is 0. The Labute approximate surface area is 154 Å². The van der Waals surface area contributed by atoms with E-state index in [1.807, 2.05) is 18.9 Å². The van der Waals surface area contributed by atoms with E-state index < -0.39 is 29.5 Å². The Hall–Kier alpha value is -2.38. The smallest absolute Gasteiger partial charge is 0.280 e. The van der Waals surface area contributed by atoms with E-state index in [9.17, 15) is 22.4 Å². The number of nitrogens with one attached hydrogen (secondary N) is 1. The van der Waals surface area contributed by atoms with Crippen molar-refractivity contribution < 1.29 is 22.4 Å². The summed E-state index contributed by atoms with van der Waals surface area (Å²) in [6.07, 6.45) is -1.21. The van der Waals surface area contributed by atoms with Gasteiger partial charge in [-0.15, -0.1) is 5.10 Å². The molecule has 0 atom stereocenters. The first-order valence-electron chi connectivity index (χ1n) is 8.90. The van der Waals surface area contributed by atoms with Gasteiger partial charge in [0.1, 0.15) is 17.1 Å². The number of aromatic nitrogens is 2. The normalized spacial score (nSPS) is 14.2. The molecule has 1 aromatic heterocycles. The Kier molecular flexibility index (Phi) is 5.53. The molecule has 27 heavy (non-hydrogen) atoms. The number of halogens is 4. The maximum absolute atomic E-state index is 13.9. The van der Waals surface area contributed by atoms with E-state index in [4.69, 9.17) is 0 Å². The molecule has 0 radical (unpaired) electrons. The first-order chi connectivity index (χ1) is 12.8. The van der Waals surface area contributed by atoms with E-state index in [1.54, 1.807) is 6.07 Å². The van der Waals surface area contributed by atoms with Crippen LogP contribution in [0.15, 0.2) is 18.2 Å². The second-order valence-electron chi connectivity index (χ2n) is 7.08. The molecule has 1 aromatic carbocycles. The lowest BCUT2D eigenvalue weighted by Crippen LogP contribution is -2.36. The van der Waals surface area contributed by atoms with Gasteiger partial charge in [0.25, 0.3) is 12.3 Å². The third-order valence-electron chi connectivity index (χ3n) is 4.78. The highest BCUT2D eigenvalue weighted by Gasteiger charge is 2.37. The van der Waals surface area contributed by atoms with Crippen molar-refractivity contribution in [3.05, 3.63) is 52.3 Å². The molecule has 4 nitrogen and oxygen atoms in total. The molecule has 3 rings (SSSR count). The van der Waals surface area contributed by atoms with Gasteiger partial charge in [0.2, 0.25) is 5.95 Å². The van der Waals surface area contributed by atoms with Gasteiger partial charge in [-0.25, -0.2) is 13.2 Å². The minimum atomic E-state index is -3.03. The number of alkyl halides is 2. The molecule has 0 spiro atoms. The van der Waals surface area contributed by atoms with Crippen LogP contribution in [0.2, 0.25) is 0 Å². The van der Waals surface area contributed by atoms with Crippen molar-refractivity contribution in [3.8, 4) is 0 Å². The average molecular weight is 383 g/mol. The fourth-order valence-corrected chi connectivity index (χ4v) is 3.27. The van der Waals surface area contributed by atoms with E-state index in [-0.39, 0.29) is 24.3 Å². The number of hydrogen-bond donors (Lipinski definition) is 1. The maximum atomic E-state index is 13.9. The van der Waals surface area contributed by atoms with Crippen LogP contribution >= 0.6 is 0 Å². The summed E-state index contributed by atoms with van der Waals surface area (Å²) < 4.78 is 53.7. The quantitative estimate of drug-likeness (QED) is 0.711. The van der Waals surface area contributed by atoms with Gasteiger partial charge < -0.3 is 4.90 Å². The van der Waals surface area contributed by atoms with Crippen molar-refractivity contribution in [3.63, 3.8) is 0 Å². The summed E-state index contributed by atoms with van der Waals surface area (Å²) in [6.45, 7) is 4.16. The standard InChI is InChI=1S/C19H21F4N3O/c1-10(2)14-6-3-12(20)9-11(14)7-8-26(13-4-5-13)19(27)15-16(17(21)22)24-25-18(15)23/h3,6,9-10,13,17H,4-5,7-8H2,1-2H3,(H,24,25). The molecule has 2 aromatic rings. The molecule has 0 saturated heterocycles. The molecule has 8 heteroatoms. The molecule has 1 amide bonds. The number of hydrogen-bond acceptors (Lipinski definition) is 2. The highest BCUT2D eigenvalue weighted by Crippen LogP contribution is 2.32. The lowest BCUT2D eigenvalue weighted by atomic mass is 9.95. The summed E-state index contributed by atoms with van der Waals surface area (Å²) in [5.41, 5.74) is 0.199. The molecule has 1 heterocycles. The Morgan fingerprint density at radius 2 is 2.00 bits per heavy atom. The van der Waals surface area contributed by atoms with Gasteiger partial charge in [-0.3, -0.25) is 9.89 Å². The van der Waals surface area contributed by atoms with E-state index in [0.717, 1.165) is 24.0 Å². The van der Waals surface area contributed by atoms with Crippen LogP contribution in [0.3, 0.4) is 0 Å². The monoisotopic (exact) mass is 383 g/mol. The Morgan fingerprint density at radius 3 is 2.59 bits per heavy atom. The predicted molar refractivity (Wildman–Crippen MR) is 91.8 cm³/mol. The van der Waals surface area contributed by atoms with E-state index >= 15 is 0 Å². The van der Waals surface area contributed by atoms with Crippen LogP contribution < -0.4 is 0 Å². The van der Waals surface area contributed by atoms with Crippen molar-refractivity contribution in [1.29, 1.82) is 0 Å². The third kappa shape index (κ3) is 4.14. The van der Waals surface area contributed by atoms with Crippen LogP contribution in [0, 0.1) is 11.8 Å². The molecule has 0 bridgehead atoms. The summed E-state index contributed by atoms with van der Waals surface area (Å²) in [5, 5.41) is 5.02. The molecule has 146 valence electrons. The highest BCUT2D eigenvalue weighted by atomic mass is 19.3. The fourth-order valence-electron chi connectivity index (χ4n) is 3.27. The molecular weight excluding hydrogens is 362 g/mol. The SMILES string of the molecule is CC(C)c1ccc(F)cc1CCN(C(=O)c1c(F)n[nH]c1C(F)F)C1CC1. The predicted octanol–water partition coefficient (Wildman–Crippen LogP) is 4.60. The molecule has 1 aliphatic carbocycles. The topological polar surface area (TPSA) is 49.0 Å². The van der Waals surface area contributed by atoms with E-state index in [0.29, 0.717) is 6.42 Å². The van der Waals surface area contributed by atoms with Gasteiger partial charge >= 0.3 is 0 Å². The molecule has 0 aliphatic heterocycles. The zero-order valence-electron chi connectivity index (χ0n) is 15.1. The minimum absolute atomic E-state index is 0.117. The van der Waals surface area contributed by atoms with Crippen molar-refractivity contribution >= 4 is 5.91 Å². The zero-order chi connectivity index (χ0) is 19.7. The lowest BCUT2D eigenvalue weighted by molar-refractivity contribution is 0.0727. The third-order valence-corrected chi connectivity index (χ3v) is 4.78. The first-order valence-corrected chi connectivity index (χ1v) is 8.90. The molecule has 1 fully saturated rings. The van der Waals surface area contributed by atoms with Crippen molar-refractivity contribution in [2.24, 2.45) is 0 Å². The van der Waals surface area contributed by atoms with Crippen LogP contribution in [-0.2, 0) is 6.42 Å². The first kappa shape index (κ1) is 19.4. The second kappa shape index (κ2) is 7.70. The van der Waals surface area contributed by atoms with Gasteiger partial charge in [0.15, 0.2) is 0 Å². The summed E-state index contributed by atoms with van der Waals surface area (Å²) in [4.78, 5) is 14.2. The maximum Gasteiger partial charge on any atom is 0.280 e. The van der Waals surface area contributed by atoms with Crippen LogP contribution in [0.1, 0.15) is 66.2 Å². The van der Waals surface area contributed by atoms with Gasteiger partial charge in [-0.1, -0.05) is 19.9 Å². The molecule has 1 saturated carbocycles. The largest absolute Gasteiger partial charge is 0.335 e. The highest BCUT2D eigenvalue weighted by molar-refractivity contribution is 5.95. The van der Waals surface area contributed by atoms with E-state index in [1.165, 1.54) is 17.0 Å². The minimum Gasteiger partial charge on any atom is -0.335 e. The van der Waals surface area contributed by atoms with Crippen LogP contribution in [0.5, 0.6) is 0 Å². The summed E-state index contributed by atoms with van der Waals surface area (Å²) in [6, 6.07) is 4.41. The zero-order valence-corrected chi connectivity index (χ0v) is 15.1. The Balaban J connectivity index is 1.83. The number of aromatic amines is 1. The fraction of sp³-hybridized carbons (Fsp3) is 0.474. The van der Waals surface area contributed by atoms with E-state index in [2.05, 4.69) is 5.10 Å². The number of rotatable bonds is 7. The number of nitrogens with zero attached hydrogens (tertiary/aromatic N) is 2. The lowest BCUT2D eigenvalue weighted by Gasteiger charge is -2.23.